The number of rotatable bonds is 5. The summed E-state index contributed by atoms with van der Waals surface area (Å²) < 4.78 is 16.5. The van der Waals surface area contributed by atoms with Gasteiger partial charge in [-0.15, -0.1) is 0 Å². The lowest BCUT2D eigenvalue weighted by atomic mass is 10.0. The molecule has 0 fully saturated rings. The molecule has 0 spiro atoms. The Bertz CT molecular complexity index is 1260. The number of amides is 2. The van der Waals surface area contributed by atoms with Gasteiger partial charge in [0.25, 0.3) is 5.91 Å². The van der Waals surface area contributed by atoms with E-state index in [0.29, 0.717) is 50.4 Å². The molecule has 2 amide bonds. The summed E-state index contributed by atoms with van der Waals surface area (Å²) in [5, 5.41) is 6.97. The topological polar surface area (TPSA) is 89.8 Å². The van der Waals surface area contributed by atoms with Crippen molar-refractivity contribution in [3.05, 3.63) is 60.2 Å². The number of carbonyl (C=O) groups is 2. The van der Waals surface area contributed by atoms with Crippen LogP contribution in [-0.4, -0.2) is 26.0 Å². The maximum absolute atomic E-state index is 13.1. The summed E-state index contributed by atoms with van der Waals surface area (Å²) in [6.45, 7) is 1.44. The number of methoxy groups -OCH3 is 2. The molecule has 0 aliphatic carbocycles. The van der Waals surface area contributed by atoms with Crippen molar-refractivity contribution in [2.75, 3.05) is 24.9 Å². The van der Waals surface area contributed by atoms with Gasteiger partial charge in [-0.2, -0.15) is 0 Å². The van der Waals surface area contributed by atoms with Crippen LogP contribution in [0.15, 0.2) is 59.0 Å². The Kier molecular flexibility index (Phi) is 5.02. The van der Waals surface area contributed by atoms with Gasteiger partial charge in [-0.1, -0.05) is 0 Å². The molecule has 0 saturated carbocycles. The summed E-state index contributed by atoms with van der Waals surface area (Å²) in [5.74, 6) is 0.743. The average Bonchev–Trinajstić information content (AvgIpc) is 3.12. The molecular formula is C23H20N2O5. The second-order valence-electron chi connectivity index (χ2n) is 6.70. The van der Waals surface area contributed by atoms with Crippen LogP contribution in [0, 0.1) is 0 Å². The van der Waals surface area contributed by atoms with Gasteiger partial charge in [0.05, 0.1) is 19.8 Å². The zero-order valence-corrected chi connectivity index (χ0v) is 16.7. The van der Waals surface area contributed by atoms with Gasteiger partial charge in [0.2, 0.25) is 5.91 Å². The molecule has 4 aromatic rings. The molecule has 7 nitrogen and oxygen atoms in total. The van der Waals surface area contributed by atoms with Crippen molar-refractivity contribution in [3.8, 4) is 11.5 Å². The highest BCUT2D eigenvalue weighted by Crippen LogP contribution is 2.38. The lowest BCUT2D eigenvalue weighted by molar-refractivity contribution is -0.114. The first-order valence-corrected chi connectivity index (χ1v) is 9.26. The van der Waals surface area contributed by atoms with Gasteiger partial charge in [-0.3, -0.25) is 9.59 Å². The summed E-state index contributed by atoms with van der Waals surface area (Å²) in [7, 11) is 3.13. The highest BCUT2D eigenvalue weighted by atomic mass is 16.5. The first kappa shape index (κ1) is 19.3. The van der Waals surface area contributed by atoms with Gasteiger partial charge >= 0.3 is 0 Å². The van der Waals surface area contributed by atoms with E-state index < -0.39 is 0 Å². The Balaban J connectivity index is 1.83. The number of fused-ring (bicyclic) bond motifs is 3. The molecule has 0 unspecified atom stereocenters. The van der Waals surface area contributed by atoms with E-state index in [1.54, 1.807) is 68.8 Å². The van der Waals surface area contributed by atoms with E-state index in [9.17, 15) is 9.59 Å². The maximum atomic E-state index is 13.1. The minimum Gasteiger partial charge on any atom is -0.497 e. The second kappa shape index (κ2) is 7.79. The van der Waals surface area contributed by atoms with Crippen LogP contribution < -0.4 is 20.1 Å². The molecule has 4 rings (SSSR count). The number of hydrogen-bond acceptors (Lipinski definition) is 5. The van der Waals surface area contributed by atoms with Crippen molar-refractivity contribution >= 4 is 45.1 Å². The van der Waals surface area contributed by atoms with Gasteiger partial charge in [0.15, 0.2) is 11.3 Å². The quantitative estimate of drug-likeness (QED) is 0.498. The first-order valence-electron chi connectivity index (χ1n) is 9.26. The van der Waals surface area contributed by atoms with Crippen LogP contribution in [0.5, 0.6) is 11.5 Å². The summed E-state index contributed by atoms with van der Waals surface area (Å²) >= 11 is 0. The Morgan fingerprint density at radius 1 is 0.867 bits per heavy atom. The predicted molar refractivity (Wildman–Crippen MR) is 116 cm³/mol. The molecule has 1 heterocycles. The molecule has 2 N–H and O–H groups in total. The lowest BCUT2D eigenvalue weighted by Crippen LogP contribution is -2.12. The average molecular weight is 404 g/mol. The highest BCUT2D eigenvalue weighted by molar-refractivity contribution is 6.21. The Morgan fingerprint density at radius 2 is 1.60 bits per heavy atom. The fraction of sp³-hybridized carbons (Fsp3) is 0.130. The van der Waals surface area contributed by atoms with Gasteiger partial charge < -0.3 is 24.5 Å². The lowest BCUT2D eigenvalue weighted by Gasteiger charge is -2.09. The number of furan rings is 1. The zero-order chi connectivity index (χ0) is 21.3. The van der Waals surface area contributed by atoms with E-state index >= 15 is 0 Å². The van der Waals surface area contributed by atoms with Crippen molar-refractivity contribution in [2.45, 2.75) is 6.92 Å². The van der Waals surface area contributed by atoms with Crippen molar-refractivity contribution in [3.63, 3.8) is 0 Å². The molecule has 0 radical (unpaired) electrons. The van der Waals surface area contributed by atoms with Gasteiger partial charge in [0.1, 0.15) is 11.3 Å². The van der Waals surface area contributed by atoms with Crippen molar-refractivity contribution < 1.29 is 23.5 Å². The molecular weight excluding hydrogens is 384 g/mol. The van der Waals surface area contributed by atoms with Crippen LogP contribution in [0.1, 0.15) is 17.3 Å². The number of ether oxygens (including phenoxy) is 2. The summed E-state index contributed by atoms with van der Waals surface area (Å²) in [4.78, 5) is 24.5. The molecule has 0 bridgehead atoms. The van der Waals surface area contributed by atoms with E-state index in [1.165, 1.54) is 6.92 Å². The van der Waals surface area contributed by atoms with E-state index in [2.05, 4.69) is 10.6 Å². The second-order valence-corrected chi connectivity index (χ2v) is 6.70. The number of hydrogen-bond donors (Lipinski definition) is 2. The van der Waals surface area contributed by atoms with Crippen LogP contribution in [-0.2, 0) is 4.79 Å². The Hall–Kier alpha value is -4.00. The Labute approximate surface area is 172 Å². The van der Waals surface area contributed by atoms with Gasteiger partial charge in [-0.05, 0) is 54.6 Å². The molecule has 0 aliphatic heterocycles. The maximum Gasteiger partial charge on any atom is 0.256 e. The third-order valence-corrected chi connectivity index (χ3v) is 4.72. The third-order valence-electron chi connectivity index (χ3n) is 4.72. The molecule has 1 aromatic heterocycles. The van der Waals surface area contributed by atoms with Crippen molar-refractivity contribution in [2.24, 2.45) is 0 Å². The normalized spacial score (nSPS) is 10.8. The van der Waals surface area contributed by atoms with Crippen LogP contribution in [0.4, 0.5) is 11.4 Å². The summed E-state index contributed by atoms with van der Waals surface area (Å²) in [5.41, 5.74) is 2.73. The molecule has 0 saturated heterocycles. The van der Waals surface area contributed by atoms with Gasteiger partial charge in [-0.25, -0.2) is 0 Å². The van der Waals surface area contributed by atoms with Crippen LogP contribution in [0.3, 0.4) is 0 Å². The summed E-state index contributed by atoms with van der Waals surface area (Å²) in [6.07, 6.45) is 0. The van der Waals surface area contributed by atoms with Crippen LogP contribution >= 0.6 is 0 Å². The fourth-order valence-electron chi connectivity index (χ4n) is 3.36. The highest BCUT2D eigenvalue weighted by Gasteiger charge is 2.20. The van der Waals surface area contributed by atoms with Crippen molar-refractivity contribution in [1.29, 1.82) is 0 Å². The largest absolute Gasteiger partial charge is 0.497 e. The molecule has 7 heteroatoms. The van der Waals surface area contributed by atoms with Crippen LogP contribution in [0.25, 0.3) is 21.9 Å². The number of anilines is 2. The van der Waals surface area contributed by atoms with E-state index in [0.717, 1.165) is 0 Å². The smallest absolute Gasteiger partial charge is 0.256 e. The predicted octanol–water partition coefficient (Wildman–Crippen LogP) is 4.81. The van der Waals surface area contributed by atoms with Crippen LogP contribution in [0.2, 0.25) is 0 Å². The third kappa shape index (κ3) is 3.53. The fourth-order valence-corrected chi connectivity index (χ4v) is 3.36. The van der Waals surface area contributed by atoms with Gasteiger partial charge in [0, 0.05) is 29.1 Å². The van der Waals surface area contributed by atoms with E-state index in [1.807, 2.05) is 0 Å². The number of benzene rings is 3. The Morgan fingerprint density at radius 3 is 2.27 bits per heavy atom. The van der Waals surface area contributed by atoms with E-state index in [-0.39, 0.29) is 11.8 Å². The number of nitrogens with one attached hydrogen (secondary N) is 2. The molecule has 30 heavy (non-hydrogen) atoms. The molecule has 0 atom stereocenters. The molecule has 0 aliphatic rings. The van der Waals surface area contributed by atoms with E-state index in [4.69, 9.17) is 13.9 Å². The standard InChI is InChI=1S/C23H20N2O5/c1-13(26)24-15-6-10-19-18(12-15)21-17(9-11-20(29-3)22(21)30-19)23(27)25-14-4-7-16(28-2)8-5-14/h4-12H,1-3H3,(H,24,26)(H,25,27). The molecule has 3 aromatic carbocycles. The monoisotopic (exact) mass is 404 g/mol. The zero-order valence-electron chi connectivity index (χ0n) is 16.7. The molecule has 152 valence electrons. The minimum absolute atomic E-state index is 0.183. The first-order chi connectivity index (χ1) is 14.5. The number of carbonyl (C=O) groups excluding carboxylic acids is 2. The minimum atomic E-state index is -0.291. The van der Waals surface area contributed by atoms with Crippen molar-refractivity contribution in [1.82, 2.24) is 0 Å². The summed E-state index contributed by atoms with van der Waals surface area (Å²) in [6, 6.07) is 15.7. The SMILES string of the molecule is COc1ccc(NC(=O)c2ccc(OC)c3oc4ccc(NC(C)=O)cc4c23)cc1.